The summed E-state index contributed by atoms with van der Waals surface area (Å²) in [7, 11) is 0. The van der Waals surface area contributed by atoms with Gasteiger partial charge >= 0.3 is 0 Å². The molecule has 184 valence electrons. The van der Waals surface area contributed by atoms with E-state index in [1.54, 1.807) is 11.1 Å². The lowest BCUT2D eigenvalue weighted by atomic mass is 9.89. The number of nitrogens with zero attached hydrogens (tertiary/aromatic N) is 4. The van der Waals surface area contributed by atoms with Crippen molar-refractivity contribution in [2.75, 3.05) is 52.4 Å². The predicted molar refractivity (Wildman–Crippen MR) is 116 cm³/mol. The van der Waals surface area contributed by atoms with Gasteiger partial charge in [-0.2, -0.15) is 0 Å². The second-order valence-corrected chi connectivity index (χ2v) is 8.10. The Morgan fingerprint density at radius 3 is 2.45 bits per heavy atom. The summed E-state index contributed by atoms with van der Waals surface area (Å²) in [5.41, 5.74) is -0.218. The average Bonchev–Trinajstić information content (AvgIpc) is 3.47. The van der Waals surface area contributed by atoms with Gasteiger partial charge in [0.15, 0.2) is 0 Å². The molecular formula is C21H33N5O7. The maximum absolute atomic E-state index is 12.7. The minimum absolute atomic E-state index is 0.0631. The molecule has 0 bridgehead atoms. The van der Waals surface area contributed by atoms with E-state index in [4.69, 9.17) is 24.5 Å². The van der Waals surface area contributed by atoms with Crippen LogP contribution in [-0.4, -0.2) is 118 Å². The lowest BCUT2D eigenvalue weighted by Gasteiger charge is -2.47. The van der Waals surface area contributed by atoms with Crippen LogP contribution >= 0.6 is 0 Å². The highest BCUT2D eigenvalue weighted by molar-refractivity contribution is 5.86. The molecule has 0 unspecified atom stereocenters. The minimum Gasteiger partial charge on any atom is -0.483 e. The number of carboxylic acid groups (broad SMARTS) is 2. The van der Waals surface area contributed by atoms with Crippen molar-refractivity contribution in [3.8, 4) is 0 Å². The van der Waals surface area contributed by atoms with Crippen molar-refractivity contribution in [1.29, 1.82) is 0 Å². The summed E-state index contributed by atoms with van der Waals surface area (Å²) in [6.45, 7) is 5.26. The van der Waals surface area contributed by atoms with Gasteiger partial charge in [-0.25, -0.2) is 4.98 Å². The Balaban J connectivity index is 0.000000582. The Bertz CT molecular complexity index is 744. The Morgan fingerprint density at radius 1 is 1.18 bits per heavy atom. The number of nitrogens with one attached hydrogen (secondary N) is 1. The highest BCUT2D eigenvalue weighted by Gasteiger charge is 2.41. The summed E-state index contributed by atoms with van der Waals surface area (Å²) in [4.78, 5) is 54.7. The van der Waals surface area contributed by atoms with Crippen molar-refractivity contribution >= 4 is 24.8 Å². The minimum atomic E-state index is -0.250. The van der Waals surface area contributed by atoms with Gasteiger partial charge in [0.05, 0.1) is 18.8 Å². The van der Waals surface area contributed by atoms with Crippen molar-refractivity contribution in [3.05, 3.63) is 18.2 Å². The molecule has 1 aromatic heterocycles. The first-order valence-corrected chi connectivity index (χ1v) is 11.0. The van der Waals surface area contributed by atoms with Gasteiger partial charge in [-0.1, -0.05) is 0 Å². The number of H-pyrrole nitrogens is 1. The van der Waals surface area contributed by atoms with Crippen LogP contribution in [0.2, 0.25) is 0 Å². The fourth-order valence-corrected chi connectivity index (χ4v) is 4.38. The predicted octanol–water partition coefficient (Wildman–Crippen LogP) is -0.330. The van der Waals surface area contributed by atoms with Crippen molar-refractivity contribution in [3.63, 3.8) is 0 Å². The van der Waals surface area contributed by atoms with Gasteiger partial charge in [-0.15, -0.1) is 0 Å². The van der Waals surface area contributed by atoms with E-state index in [9.17, 15) is 9.59 Å². The zero-order valence-corrected chi connectivity index (χ0v) is 18.7. The molecule has 12 nitrogen and oxygen atoms in total. The van der Waals surface area contributed by atoms with E-state index in [1.807, 2.05) is 11.1 Å². The molecule has 0 aromatic carbocycles. The van der Waals surface area contributed by atoms with E-state index in [2.05, 4.69) is 14.9 Å². The summed E-state index contributed by atoms with van der Waals surface area (Å²) in [6.07, 6.45) is 7.90. The molecule has 0 radical (unpaired) electrons. The Morgan fingerprint density at radius 2 is 1.88 bits per heavy atom. The van der Waals surface area contributed by atoms with Crippen molar-refractivity contribution in [2.45, 2.75) is 37.7 Å². The molecule has 3 N–H and O–H groups in total. The average molecular weight is 468 g/mol. The number of hydrogen-bond acceptors (Lipinski definition) is 7. The van der Waals surface area contributed by atoms with E-state index in [1.165, 1.54) is 0 Å². The molecule has 1 spiro atoms. The fraction of sp³-hybridized carbons (Fsp3) is 0.667. The first-order chi connectivity index (χ1) is 16.0. The van der Waals surface area contributed by atoms with Crippen molar-refractivity contribution in [2.24, 2.45) is 0 Å². The number of rotatable bonds is 5. The van der Waals surface area contributed by atoms with Gasteiger partial charge in [0.1, 0.15) is 5.82 Å². The monoisotopic (exact) mass is 467 g/mol. The van der Waals surface area contributed by atoms with E-state index in [-0.39, 0.29) is 36.9 Å². The van der Waals surface area contributed by atoms with Gasteiger partial charge in [-0.3, -0.25) is 19.2 Å². The molecule has 0 saturated carbocycles. The quantitative estimate of drug-likeness (QED) is 0.493. The largest absolute Gasteiger partial charge is 0.483 e. The maximum atomic E-state index is 12.7. The lowest BCUT2D eigenvalue weighted by molar-refractivity contribution is -0.161. The van der Waals surface area contributed by atoms with E-state index in [0.29, 0.717) is 32.7 Å². The van der Waals surface area contributed by atoms with Crippen LogP contribution in [0, 0.1) is 0 Å². The van der Waals surface area contributed by atoms with Crippen LogP contribution in [0.25, 0.3) is 0 Å². The summed E-state index contributed by atoms with van der Waals surface area (Å²) >= 11 is 0. The fourth-order valence-electron chi connectivity index (χ4n) is 4.38. The molecule has 3 saturated heterocycles. The highest BCUT2D eigenvalue weighted by Crippen LogP contribution is 2.30. The summed E-state index contributed by atoms with van der Waals surface area (Å²) in [5, 5.41) is 13.8. The van der Waals surface area contributed by atoms with Crippen LogP contribution in [0.5, 0.6) is 0 Å². The SMILES string of the molecule is O=C1CCCN1CC(=O)N1CCOC2(CCN(CCc3ncc[nH]3)CC2)C1.O=CO.O=CO. The third-order valence-corrected chi connectivity index (χ3v) is 6.09. The third-order valence-electron chi connectivity index (χ3n) is 6.09. The second-order valence-electron chi connectivity index (χ2n) is 8.10. The van der Waals surface area contributed by atoms with Gasteiger partial charge in [-0.05, 0) is 19.3 Å². The summed E-state index contributed by atoms with van der Waals surface area (Å²) in [5.74, 6) is 1.20. The molecule has 0 aliphatic carbocycles. The molecule has 3 fully saturated rings. The Labute approximate surface area is 192 Å². The number of hydrogen-bond donors (Lipinski definition) is 3. The van der Waals surface area contributed by atoms with Crippen LogP contribution in [0.3, 0.4) is 0 Å². The van der Waals surface area contributed by atoms with Crippen LogP contribution in [-0.2, 0) is 30.3 Å². The van der Waals surface area contributed by atoms with Gasteiger partial charge < -0.3 is 34.6 Å². The van der Waals surface area contributed by atoms with E-state index >= 15 is 0 Å². The van der Waals surface area contributed by atoms with Crippen LogP contribution in [0.15, 0.2) is 12.4 Å². The van der Waals surface area contributed by atoms with E-state index in [0.717, 1.165) is 51.1 Å². The number of carbonyl (C=O) groups is 4. The Hall–Kier alpha value is -2.99. The molecule has 2 amide bonds. The number of morpholine rings is 1. The first kappa shape index (κ1) is 26.3. The number of likely N-dealkylation sites (tertiary alicyclic amines) is 2. The zero-order valence-electron chi connectivity index (χ0n) is 18.7. The second kappa shape index (κ2) is 13.5. The van der Waals surface area contributed by atoms with E-state index < -0.39 is 0 Å². The number of aromatic amines is 1. The molecule has 4 rings (SSSR count). The number of amides is 2. The molecular weight excluding hydrogens is 434 g/mol. The molecule has 3 aliphatic rings. The number of piperidine rings is 1. The van der Waals surface area contributed by atoms with Gasteiger partial charge in [0.2, 0.25) is 11.8 Å². The normalized spacial score (nSPS) is 19.8. The third kappa shape index (κ3) is 8.13. The molecule has 12 heteroatoms. The van der Waals surface area contributed by atoms with Crippen molar-refractivity contribution < 1.29 is 34.1 Å². The maximum Gasteiger partial charge on any atom is 0.290 e. The Kier molecular flexibility index (Phi) is 10.8. The van der Waals surface area contributed by atoms with Gasteiger partial charge in [0, 0.05) is 64.5 Å². The molecule has 0 atom stereocenters. The highest BCUT2D eigenvalue weighted by atomic mass is 16.5. The molecule has 1 aromatic rings. The van der Waals surface area contributed by atoms with Gasteiger partial charge in [0.25, 0.3) is 12.9 Å². The molecule has 33 heavy (non-hydrogen) atoms. The molecule has 4 heterocycles. The van der Waals surface area contributed by atoms with Crippen LogP contribution < -0.4 is 0 Å². The zero-order chi connectivity index (χ0) is 24.1. The smallest absolute Gasteiger partial charge is 0.290 e. The lowest BCUT2D eigenvalue weighted by Crippen LogP contribution is -2.59. The van der Waals surface area contributed by atoms with Crippen molar-refractivity contribution in [1.82, 2.24) is 24.7 Å². The number of carbonyl (C=O) groups excluding carboxylic acids is 2. The number of aromatic nitrogens is 2. The number of imidazole rings is 1. The summed E-state index contributed by atoms with van der Waals surface area (Å²) < 4.78 is 6.16. The molecule has 3 aliphatic heterocycles. The topological polar surface area (TPSA) is 156 Å². The van der Waals surface area contributed by atoms with Crippen LogP contribution in [0.4, 0.5) is 0 Å². The van der Waals surface area contributed by atoms with Crippen LogP contribution in [0.1, 0.15) is 31.5 Å². The standard InChI is InChI=1S/C19H29N5O3.2CH2O2/c25-17-2-1-8-23(17)14-18(26)24-12-13-27-19(15-24)4-10-22(11-5-19)9-3-16-20-6-7-21-16;2*2-1-3/h6-7H,1-5,8-15H2,(H,20,21);2*1H,(H,2,3). The number of ether oxygens (including phenoxy) is 1. The first-order valence-electron chi connectivity index (χ1n) is 11.0. The summed E-state index contributed by atoms with van der Waals surface area (Å²) in [6, 6.07) is 0.